The normalized spacial score (nSPS) is 21.3. The molecule has 2 aliphatic rings. The van der Waals surface area contributed by atoms with E-state index < -0.39 is 0 Å². The minimum absolute atomic E-state index is 0.0315. The third-order valence-corrected chi connectivity index (χ3v) is 3.51. The molecule has 0 spiro atoms. The van der Waals surface area contributed by atoms with Crippen molar-refractivity contribution in [3.63, 3.8) is 0 Å². The van der Waals surface area contributed by atoms with Gasteiger partial charge in [0.25, 0.3) is 0 Å². The Morgan fingerprint density at radius 1 is 1.12 bits per heavy atom. The Kier molecular flexibility index (Phi) is 2.28. The second-order valence-electron chi connectivity index (χ2n) is 4.87. The van der Waals surface area contributed by atoms with Crippen molar-refractivity contribution < 1.29 is 9.47 Å². The van der Waals surface area contributed by atoms with E-state index in [0.717, 1.165) is 30.8 Å². The monoisotopic (exact) mass is 219 g/mol. The fourth-order valence-corrected chi connectivity index (χ4v) is 2.41. The van der Waals surface area contributed by atoms with Crippen molar-refractivity contribution in [2.24, 2.45) is 5.73 Å². The van der Waals surface area contributed by atoms with Crippen molar-refractivity contribution >= 4 is 0 Å². The van der Waals surface area contributed by atoms with Gasteiger partial charge in [-0.2, -0.15) is 0 Å². The molecule has 1 saturated carbocycles. The van der Waals surface area contributed by atoms with Gasteiger partial charge >= 0.3 is 0 Å². The summed E-state index contributed by atoms with van der Waals surface area (Å²) in [5.41, 5.74) is 7.53. The summed E-state index contributed by atoms with van der Waals surface area (Å²) in [4.78, 5) is 0. The zero-order valence-electron chi connectivity index (χ0n) is 9.37. The molecule has 3 rings (SSSR count). The van der Waals surface area contributed by atoms with Gasteiger partial charge < -0.3 is 15.2 Å². The predicted molar refractivity (Wildman–Crippen MR) is 61.9 cm³/mol. The summed E-state index contributed by atoms with van der Waals surface area (Å²) in [5, 5.41) is 0. The van der Waals surface area contributed by atoms with Gasteiger partial charge in [0.05, 0.1) is 0 Å². The van der Waals surface area contributed by atoms with Gasteiger partial charge in [0, 0.05) is 5.54 Å². The van der Waals surface area contributed by atoms with Crippen LogP contribution in [-0.4, -0.2) is 18.8 Å². The molecule has 3 nitrogen and oxygen atoms in total. The van der Waals surface area contributed by atoms with E-state index in [1.807, 2.05) is 6.07 Å². The van der Waals surface area contributed by atoms with Crippen LogP contribution >= 0.6 is 0 Å². The van der Waals surface area contributed by atoms with E-state index >= 15 is 0 Å². The molecule has 1 aliphatic carbocycles. The highest BCUT2D eigenvalue weighted by Gasteiger charge is 2.32. The van der Waals surface area contributed by atoms with Crippen molar-refractivity contribution in [2.75, 3.05) is 13.2 Å². The zero-order chi connectivity index (χ0) is 11.0. The molecule has 1 aromatic carbocycles. The van der Waals surface area contributed by atoms with Gasteiger partial charge in [-0.3, -0.25) is 0 Å². The van der Waals surface area contributed by atoms with Crippen LogP contribution in [0.5, 0.6) is 11.5 Å². The smallest absolute Gasteiger partial charge is 0.161 e. The fourth-order valence-electron chi connectivity index (χ4n) is 2.41. The first-order valence-electron chi connectivity index (χ1n) is 5.93. The number of hydrogen-bond donors (Lipinski definition) is 1. The summed E-state index contributed by atoms with van der Waals surface area (Å²) < 4.78 is 11.1. The summed E-state index contributed by atoms with van der Waals surface area (Å²) in [6.45, 7) is 1.29. The molecule has 0 bridgehead atoms. The minimum Gasteiger partial charge on any atom is -0.486 e. The van der Waals surface area contributed by atoms with E-state index in [0.29, 0.717) is 13.2 Å². The van der Waals surface area contributed by atoms with Crippen LogP contribution in [0.3, 0.4) is 0 Å². The van der Waals surface area contributed by atoms with Crippen molar-refractivity contribution in [1.82, 2.24) is 0 Å². The van der Waals surface area contributed by atoms with E-state index in [4.69, 9.17) is 15.2 Å². The van der Waals surface area contributed by atoms with Gasteiger partial charge in [0.15, 0.2) is 11.5 Å². The first-order chi connectivity index (χ1) is 7.75. The summed E-state index contributed by atoms with van der Waals surface area (Å²) >= 11 is 0. The number of nitrogens with two attached hydrogens (primary N) is 1. The minimum atomic E-state index is 0.0315. The van der Waals surface area contributed by atoms with Crippen molar-refractivity contribution in [3.05, 3.63) is 23.8 Å². The highest BCUT2D eigenvalue weighted by atomic mass is 16.6. The molecule has 1 heterocycles. The van der Waals surface area contributed by atoms with Crippen LogP contribution in [0.1, 0.15) is 24.8 Å². The Hall–Kier alpha value is -1.22. The second-order valence-corrected chi connectivity index (χ2v) is 4.87. The summed E-state index contributed by atoms with van der Waals surface area (Å²) in [5.74, 6) is 1.72. The molecule has 2 N–H and O–H groups in total. The molecule has 3 heteroatoms. The van der Waals surface area contributed by atoms with Crippen molar-refractivity contribution in [2.45, 2.75) is 31.2 Å². The number of benzene rings is 1. The molecular weight excluding hydrogens is 202 g/mol. The standard InChI is InChI=1S/C13H17NO2/c14-13(4-1-5-13)9-10-2-3-11-12(8-10)16-7-6-15-11/h2-3,8H,1,4-7,9,14H2. The van der Waals surface area contributed by atoms with Gasteiger partial charge in [-0.1, -0.05) is 6.07 Å². The molecule has 1 fully saturated rings. The summed E-state index contributed by atoms with van der Waals surface area (Å²) in [6.07, 6.45) is 4.49. The molecule has 0 unspecified atom stereocenters. The van der Waals surface area contributed by atoms with Gasteiger partial charge in [-0.15, -0.1) is 0 Å². The average molecular weight is 219 g/mol. The first kappa shape index (κ1) is 9.97. The molecule has 1 aromatic rings. The van der Waals surface area contributed by atoms with Gasteiger partial charge in [0.2, 0.25) is 0 Å². The van der Waals surface area contributed by atoms with Crippen LogP contribution in [0.4, 0.5) is 0 Å². The molecular formula is C13H17NO2. The quantitative estimate of drug-likeness (QED) is 0.826. The third-order valence-electron chi connectivity index (χ3n) is 3.51. The maximum atomic E-state index is 6.24. The molecule has 1 aliphatic heterocycles. The predicted octanol–water partition coefficient (Wildman–Crippen LogP) is 1.88. The Morgan fingerprint density at radius 3 is 2.56 bits per heavy atom. The highest BCUT2D eigenvalue weighted by molar-refractivity contribution is 5.44. The van der Waals surface area contributed by atoms with E-state index in [1.165, 1.54) is 12.0 Å². The first-order valence-corrected chi connectivity index (χ1v) is 5.93. The van der Waals surface area contributed by atoms with Crippen LogP contribution < -0.4 is 15.2 Å². The number of rotatable bonds is 2. The lowest BCUT2D eigenvalue weighted by Gasteiger charge is -2.38. The maximum Gasteiger partial charge on any atom is 0.161 e. The van der Waals surface area contributed by atoms with Crippen LogP contribution in [0, 0.1) is 0 Å². The number of hydrogen-bond acceptors (Lipinski definition) is 3. The summed E-state index contributed by atoms with van der Waals surface area (Å²) in [7, 11) is 0. The molecule has 0 aromatic heterocycles. The van der Waals surface area contributed by atoms with Crippen LogP contribution in [0.2, 0.25) is 0 Å². The highest BCUT2D eigenvalue weighted by Crippen LogP contribution is 2.36. The Labute approximate surface area is 95.5 Å². The maximum absolute atomic E-state index is 6.24. The van der Waals surface area contributed by atoms with Crippen molar-refractivity contribution in [1.29, 1.82) is 0 Å². The lowest BCUT2D eigenvalue weighted by Crippen LogP contribution is -2.48. The Balaban J connectivity index is 1.80. The molecule has 0 radical (unpaired) electrons. The van der Waals surface area contributed by atoms with E-state index in [2.05, 4.69) is 12.1 Å². The number of fused-ring (bicyclic) bond motifs is 1. The van der Waals surface area contributed by atoms with Gasteiger partial charge in [-0.25, -0.2) is 0 Å². The van der Waals surface area contributed by atoms with E-state index in [9.17, 15) is 0 Å². The SMILES string of the molecule is NC1(Cc2ccc3c(c2)OCCO3)CCC1. The average Bonchev–Trinajstić information content (AvgIpc) is 2.27. The number of ether oxygens (including phenoxy) is 2. The van der Waals surface area contributed by atoms with Gasteiger partial charge in [-0.05, 0) is 43.4 Å². The molecule has 86 valence electrons. The van der Waals surface area contributed by atoms with E-state index in [1.54, 1.807) is 0 Å². The Bertz CT molecular complexity index is 399. The zero-order valence-corrected chi connectivity index (χ0v) is 9.37. The van der Waals surface area contributed by atoms with Gasteiger partial charge in [0.1, 0.15) is 13.2 Å². The van der Waals surface area contributed by atoms with Crippen LogP contribution in [0.25, 0.3) is 0 Å². The second kappa shape index (κ2) is 3.67. The largest absolute Gasteiger partial charge is 0.486 e. The fraction of sp³-hybridized carbons (Fsp3) is 0.538. The topological polar surface area (TPSA) is 44.5 Å². The molecule has 0 atom stereocenters. The van der Waals surface area contributed by atoms with E-state index in [-0.39, 0.29) is 5.54 Å². The summed E-state index contributed by atoms with van der Waals surface area (Å²) in [6, 6.07) is 6.16. The third kappa shape index (κ3) is 1.76. The van der Waals surface area contributed by atoms with Crippen LogP contribution in [-0.2, 0) is 6.42 Å². The lowest BCUT2D eigenvalue weighted by molar-refractivity contribution is 0.171. The van der Waals surface area contributed by atoms with Crippen molar-refractivity contribution in [3.8, 4) is 11.5 Å². The molecule has 16 heavy (non-hydrogen) atoms. The van der Waals surface area contributed by atoms with Crippen LogP contribution in [0.15, 0.2) is 18.2 Å². The molecule has 0 amide bonds. The Morgan fingerprint density at radius 2 is 1.88 bits per heavy atom. The molecule has 0 saturated heterocycles. The lowest BCUT2D eigenvalue weighted by atomic mass is 9.74.